The summed E-state index contributed by atoms with van der Waals surface area (Å²) in [5.74, 6) is 1.76. The molecule has 0 spiro atoms. The van der Waals surface area contributed by atoms with Gasteiger partial charge in [-0.1, -0.05) is 0 Å². The molecular weight excluding hydrogens is 164 g/mol. The van der Waals surface area contributed by atoms with Crippen LogP contribution in [-0.4, -0.2) is 22.8 Å². The zero-order valence-corrected chi connectivity index (χ0v) is 6.33. The van der Waals surface area contributed by atoms with E-state index in [0.29, 0.717) is 6.08 Å². The molecule has 0 saturated carbocycles. The maximum Gasteiger partial charge on any atom is 0.329 e. The molecule has 0 aromatic heterocycles. The molecule has 0 saturated heterocycles. The molecule has 0 aliphatic heterocycles. The van der Waals surface area contributed by atoms with Crippen molar-refractivity contribution in [2.75, 3.05) is 0 Å². The average Bonchev–Trinajstić information content (AvgIpc) is 1.98. The van der Waals surface area contributed by atoms with Crippen LogP contribution in [0.2, 0.25) is 0 Å². The number of ketones is 1. The Bertz CT molecular complexity index is 256. The normalized spacial score (nSPS) is 10.7. The van der Waals surface area contributed by atoms with E-state index in [1.807, 2.05) is 0 Å². The Kier molecular flexibility index (Phi) is 3.65. The van der Waals surface area contributed by atoms with Gasteiger partial charge in [0, 0.05) is 6.08 Å². The molecule has 0 aliphatic carbocycles. The SMILES string of the molecule is CC(=O)C(=CC(=O)O)C(=O)NN. The Hall–Kier alpha value is -1.69. The van der Waals surface area contributed by atoms with Gasteiger partial charge < -0.3 is 5.11 Å². The third kappa shape index (κ3) is 2.93. The molecule has 66 valence electrons. The number of hydrazine groups is 1. The van der Waals surface area contributed by atoms with Crippen LogP contribution in [0.4, 0.5) is 0 Å². The van der Waals surface area contributed by atoms with Crippen molar-refractivity contribution in [3.8, 4) is 0 Å². The predicted molar refractivity (Wildman–Crippen MR) is 38.7 cm³/mol. The van der Waals surface area contributed by atoms with Crippen LogP contribution in [0, 0.1) is 0 Å². The van der Waals surface area contributed by atoms with Crippen LogP contribution in [0.1, 0.15) is 6.92 Å². The molecular formula is C6H8N2O4. The van der Waals surface area contributed by atoms with Crippen LogP contribution in [0.15, 0.2) is 11.6 Å². The van der Waals surface area contributed by atoms with Gasteiger partial charge in [-0.2, -0.15) is 0 Å². The zero-order chi connectivity index (χ0) is 9.72. The monoisotopic (exact) mass is 172 g/mol. The molecule has 0 bridgehead atoms. The Balaban J connectivity index is 4.79. The number of amides is 1. The van der Waals surface area contributed by atoms with Gasteiger partial charge in [0.1, 0.15) is 0 Å². The number of hydrogen-bond acceptors (Lipinski definition) is 4. The highest BCUT2D eigenvalue weighted by atomic mass is 16.4. The smallest absolute Gasteiger partial charge is 0.329 e. The topological polar surface area (TPSA) is 109 Å². The second kappa shape index (κ2) is 4.24. The van der Waals surface area contributed by atoms with Gasteiger partial charge in [0.05, 0.1) is 5.57 Å². The van der Waals surface area contributed by atoms with Crippen LogP contribution in [-0.2, 0) is 14.4 Å². The first-order valence-electron chi connectivity index (χ1n) is 2.95. The fourth-order valence-electron chi connectivity index (χ4n) is 0.528. The van der Waals surface area contributed by atoms with E-state index in [9.17, 15) is 14.4 Å². The summed E-state index contributed by atoms with van der Waals surface area (Å²) in [5, 5.41) is 8.23. The molecule has 0 rings (SSSR count). The summed E-state index contributed by atoms with van der Waals surface area (Å²) in [6.45, 7) is 1.07. The van der Waals surface area contributed by atoms with Gasteiger partial charge in [-0.3, -0.25) is 15.0 Å². The summed E-state index contributed by atoms with van der Waals surface area (Å²) in [6.07, 6.45) is 0.504. The number of Topliss-reactive ketones (excluding diaryl/α,β-unsaturated/α-hetero) is 1. The van der Waals surface area contributed by atoms with E-state index in [4.69, 9.17) is 10.9 Å². The zero-order valence-electron chi connectivity index (χ0n) is 6.33. The number of aliphatic carboxylic acids is 1. The van der Waals surface area contributed by atoms with E-state index < -0.39 is 23.2 Å². The molecule has 0 aromatic rings. The van der Waals surface area contributed by atoms with Crippen molar-refractivity contribution in [2.24, 2.45) is 5.84 Å². The number of rotatable bonds is 3. The Morgan fingerprint density at radius 2 is 1.92 bits per heavy atom. The lowest BCUT2D eigenvalue weighted by Gasteiger charge is -1.98. The molecule has 0 aromatic carbocycles. The van der Waals surface area contributed by atoms with E-state index in [-0.39, 0.29) is 0 Å². The second-order valence-electron chi connectivity index (χ2n) is 1.93. The fourth-order valence-corrected chi connectivity index (χ4v) is 0.528. The number of carbonyl (C=O) groups is 3. The number of nitrogens with one attached hydrogen (secondary N) is 1. The van der Waals surface area contributed by atoms with Gasteiger partial charge in [-0.15, -0.1) is 0 Å². The molecule has 0 radical (unpaired) electrons. The Labute approximate surface area is 68.0 Å². The number of carboxylic acids is 1. The third-order valence-electron chi connectivity index (χ3n) is 1.02. The molecule has 12 heavy (non-hydrogen) atoms. The summed E-state index contributed by atoms with van der Waals surface area (Å²) in [4.78, 5) is 31.4. The van der Waals surface area contributed by atoms with Crippen molar-refractivity contribution in [1.29, 1.82) is 0 Å². The maximum atomic E-state index is 10.7. The third-order valence-corrected chi connectivity index (χ3v) is 1.02. The van der Waals surface area contributed by atoms with E-state index in [0.717, 1.165) is 6.92 Å². The maximum absolute atomic E-state index is 10.7. The van der Waals surface area contributed by atoms with E-state index in [1.54, 1.807) is 5.43 Å². The molecule has 1 amide bonds. The molecule has 0 fully saturated rings. The van der Waals surface area contributed by atoms with Crippen molar-refractivity contribution in [3.63, 3.8) is 0 Å². The van der Waals surface area contributed by atoms with Gasteiger partial charge in [0.2, 0.25) is 0 Å². The summed E-state index contributed by atoms with van der Waals surface area (Å²) < 4.78 is 0. The lowest BCUT2D eigenvalue weighted by molar-refractivity contribution is -0.132. The first-order chi connectivity index (χ1) is 5.49. The first-order valence-corrected chi connectivity index (χ1v) is 2.95. The lowest BCUT2D eigenvalue weighted by Crippen LogP contribution is -2.33. The van der Waals surface area contributed by atoms with Crippen LogP contribution in [0.25, 0.3) is 0 Å². The highest BCUT2D eigenvalue weighted by molar-refractivity contribution is 6.20. The number of nitrogens with two attached hydrogens (primary N) is 1. The van der Waals surface area contributed by atoms with Crippen molar-refractivity contribution in [3.05, 3.63) is 11.6 Å². The van der Waals surface area contributed by atoms with Gasteiger partial charge in [0.25, 0.3) is 5.91 Å². The predicted octanol–water partition coefficient (Wildman–Crippen LogP) is -1.42. The molecule has 0 aliphatic rings. The standard InChI is InChI=1S/C6H8N2O4/c1-3(9)4(2-5(10)11)6(12)8-7/h2H,7H2,1H3,(H,8,12)(H,10,11). The van der Waals surface area contributed by atoms with Gasteiger partial charge in [0.15, 0.2) is 5.78 Å². The Morgan fingerprint density at radius 3 is 2.17 bits per heavy atom. The number of carboxylic acid groups (broad SMARTS) is 1. The summed E-state index contributed by atoms with van der Waals surface area (Å²) in [5.41, 5.74) is 1.18. The number of hydrogen-bond donors (Lipinski definition) is 3. The van der Waals surface area contributed by atoms with E-state index >= 15 is 0 Å². The summed E-state index contributed by atoms with van der Waals surface area (Å²) in [6, 6.07) is 0. The summed E-state index contributed by atoms with van der Waals surface area (Å²) >= 11 is 0. The average molecular weight is 172 g/mol. The molecule has 0 unspecified atom stereocenters. The summed E-state index contributed by atoms with van der Waals surface area (Å²) in [7, 11) is 0. The quantitative estimate of drug-likeness (QED) is 0.121. The van der Waals surface area contributed by atoms with E-state index in [1.165, 1.54) is 0 Å². The lowest BCUT2D eigenvalue weighted by atomic mass is 10.1. The van der Waals surface area contributed by atoms with Crippen molar-refractivity contribution >= 4 is 17.7 Å². The minimum Gasteiger partial charge on any atom is -0.478 e. The van der Waals surface area contributed by atoms with Crippen molar-refractivity contribution in [2.45, 2.75) is 6.92 Å². The van der Waals surface area contributed by atoms with E-state index in [2.05, 4.69) is 0 Å². The van der Waals surface area contributed by atoms with Crippen molar-refractivity contribution < 1.29 is 19.5 Å². The molecule has 6 heteroatoms. The van der Waals surface area contributed by atoms with Gasteiger partial charge >= 0.3 is 5.97 Å². The van der Waals surface area contributed by atoms with Gasteiger partial charge in [-0.25, -0.2) is 10.6 Å². The molecule has 0 atom stereocenters. The highest BCUT2D eigenvalue weighted by Gasteiger charge is 2.14. The Morgan fingerprint density at radius 1 is 1.42 bits per heavy atom. The van der Waals surface area contributed by atoms with Crippen LogP contribution < -0.4 is 11.3 Å². The minimum absolute atomic E-state index is 0.481. The van der Waals surface area contributed by atoms with Gasteiger partial charge in [-0.05, 0) is 6.92 Å². The highest BCUT2D eigenvalue weighted by Crippen LogP contribution is 1.95. The first kappa shape index (κ1) is 10.3. The molecule has 6 nitrogen and oxygen atoms in total. The fraction of sp³-hybridized carbons (Fsp3) is 0.167. The second-order valence-corrected chi connectivity index (χ2v) is 1.93. The van der Waals surface area contributed by atoms with Crippen LogP contribution in [0.3, 0.4) is 0 Å². The molecule has 0 heterocycles. The molecule has 4 N–H and O–H groups in total. The number of carbonyl (C=O) groups excluding carboxylic acids is 2. The largest absolute Gasteiger partial charge is 0.478 e. The van der Waals surface area contributed by atoms with Crippen molar-refractivity contribution in [1.82, 2.24) is 5.43 Å². The van der Waals surface area contributed by atoms with Crippen LogP contribution >= 0.6 is 0 Å². The van der Waals surface area contributed by atoms with Crippen LogP contribution in [0.5, 0.6) is 0 Å². The minimum atomic E-state index is -1.37.